The lowest BCUT2D eigenvalue weighted by Crippen LogP contribution is -2.21. The van der Waals surface area contributed by atoms with Crippen LogP contribution < -0.4 is 32.4 Å². The third-order valence-corrected chi connectivity index (χ3v) is 3.14. The third kappa shape index (κ3) is 10.7. The monoisotopic (exact) mass is 454 g/mol. The normalized spacial score (nSPS) is 10.0. The number of guanidine groups is 2. The Morgan fingerprint density at radius 1 is 0.633 bits per heavy atom. The van der Waals surface area contributed by atoms with E-state index in [0.717, 1.165) is 11.1 Å². The van der Waals surface area contributed by atoms with Gasteiger partial charge in [0.2, 0.25) is 11.9 Å². The summed E-state index contributed by atoms with van der Waals surface area (Å²) in [5, 5.41) is 14.5. The Morgan fingerprint density at radius 2 is 0.967 bits per heavy atom. The highest BCUT2D eigenvalue weighted by molar-refractivity contribution is 5.85. The molecule has 0 atom stereocenters. The van der Waals surface area contributed by atoms with Crippen LogP contribution in [0.1, 0.15) is 11.1 Å². The highest BCUT2D eigenvalue weighted by atomic mass is 35.5. The first-order valence-electron chi connectivity index (χ1n) is 8.22. The van der Waals surface area contributed by atoms with Crippen LogP contribution in [0.2, 0.25) is 0 Å². The minimum atomic E-state index is -0.0927. The zero-order valence-electron chi connectivity index (χ0n) is 15.9. The second-order valence-corrected chi connectivity index (χ2v) is 5.37. The molecule has 162 valence electrons. The van der Waals surface area contributed by atoms with Gasteiger partial charge >= 0.3 is 0 Å². The van der Waals surface area contributed by atoms with E-state index >= 15 is 0 Å². The molecule has 8 N–H and O–H groups in total. The first-order valence-corrected chi connectivity index (χ1v) is 8.22. The Bertz CT molecular complexity index is 787. The van der Waals surface area contributed by atoms with Gasteiger partial charge in [-0.1, -0.05) is 0 Å². The molecule has 10 nitrogen and oxygen atoms in total. The summed E-state index contributed by atoms with van der Waals surface area (Å²) < 4.78 is 11.3. The number of benzene rings is 2. The SMILES string of the molecule is Cl.Cl.NC(N)=N/N=C/c1ccc(OCCOc2ccc(/C=N/N=C(N)N)cc2)cc1. The average molecular weight is 455 g/mol. The second kappa shape index (κ2) is 14.5. The lowest BCUT2D eigenvalue weighted by Gasteiger charge is -2.08. The Balaban J connectivity index is 0.00000420. The van der Waals surface area contributed by atoms with Crippen LogP contribution in [0, 0.1) is 0 Å². The van der Waals surface area contributed by atoms with Gasteiger partial charge in [0, 0.05) is 0 Å². The number of rotatable bonds is 9. The Morgan fingerprint density at radius 3 is 1.27 bits per heavy atom. The van der Waals surface area contributed by atoms with Crippen LogP contribution in [-0.2, 0) is 0 Å². The summed E-state index contributed by atoms with van der Waals surface area (Å²) >= 11 is 0. The van der Waals surface area contributed by atoms with Crippen molar-refractivity contribution in [2.75, 3.05) is 13.2 Å². The van der Waals surface area contributed by atoms with Crippen LogP contribution in [0.25, 0.3) is 0 Å². The molecular formula is C18H24Cl2N8O2. The van der Waals surface area contributed by atoms with E-state index in [4.69, 9.17) is 32.4 Å². The first-order chi connectivity index (χ1) is 13.5. The van der Waals surface area contributed by atoms with Crippen molar-refractivity contribution >= 4 is 49.2 Å². The van der Waals surface area contributed by atoms with Crippen LogP contribution >= 0.6 is 24.8 Å². The van der Waals surface area contributed by atoms with E-state index in [9.17, 15) is 0 Å². The molecule has 0 aliphatic rings. The summed E-state index contributed by atoms with van der Waals surface area (Å²) in [5.41, 5.74) is 22.5. The van der Waals surface area contributed by atoms with Crippen LogP contribution in [-0.4, -0.2) is 37.6 Å². The number of ether oxygens (including phenoxy) is 2. The summed E-state index contributed by atoms with van der Waals surface area (Å²) in [6, 6.07) is 14.6. The van der Waals surface area contributed by atoms with Crippen molar-refractivity contribution in [2.24, 2.45) is 43.3 Å². The van der Waals surface area contributed by atoms with Crippen molar-refractivity contribution in [3.8, 4) is 11.5 Å². The van der Waals surface area contributed by atoms with Gasteiger partial charge in [-0.05, 0) is 59.7 Å². The van der Waals surface area contributed by atoms with E-state index in [1.165, 1.54) is 12.4 Å². The first kappa shape index (κ1) is 26.5. The summed E-state index contributed by atoms with van der Waals surface area (Å²) in [6.07, 6.45) is 3.08. The molecule has 2 aromatic rings. The van der Waals surface area contributed by atoms with Gasteiger partial charge < -0.3 is 32.4 Å². The quantitative estimate of drug-likeness (QED) is 0.191. The van der Waals surface area contributed by atoms with Crippen LogP contribution in [0.5, 0.6) is 11.5 Å². The van der Waals surface area contributed by atoms with Gasteiger partial charge in [-0.3, -0.25) is 0 Å². The number of halogens is 2. The molecule has 0 aromatic heterocycles. The predicted molar refractivity (Wildman–Crippen MR) is 125 cm³/mol. The minimum Gasteiger partial charge on any atom is -0.490 e. The van der Waals surface area contributed by atoms with Crippen molar-refractivity contribution in [3.63, 3.8) is 0 Å². The van der Waals surface area contributed by atoms with E-state index in [1.807, 2.05) is 48.5 Å². The molecular weight excluding hydrogens is 431 g/mol. The zero-order chi connectivity index (χ0) is 20.2. The largest absolute Gasteiger partial charge is 0.490 e. The van der Waals surface area contributed by atoms with Gasteiger partial charge in [0.05, 0.1) is 12.4 Å². The van der Waals surface area contributed by atoms with Crippen LogP contribution in [0.15, 0.2) is 68.9 Å². The fraction of sp³-hybridized carbons (Fsp3) is 0.111. The van der Waals surface area contributed by atoms with Gasteiger partial charge in [-0.2, -0.15) is 10.2 Å². The highest BCUT2D eigenvalue weighted by Gasteiger charge is 1.97. The molecule has 0 fully saturated rings. The van der Waals surface area contributed by atoms with Gasteiger partial charge in [-0.25, -0.2) is 0 Å². The standard InChI is InChI=1S/C18H22N8O2.2ClH/c19-17(20)25-23-11-13-1-5-15(6-2-13)27-9-10-28-16-7-3-14(4-8-16)12-24-26-18(21)22;;/h1-8,11-12H,9-10H2,(H4,19,20,25)(H4,21,22,26);2*1H/b23-11+,24-12+;;. The Hall–Kier alpha value is -3.50. The smallest absolute Gasteiger partial charge is 0.211 e. The molecule has 0 heterocycles. The molecule has 0 amide bonds. The summed E-state index contributed by atoms with van der Waals surface area (Å²) in [6.45, 7) is 0.796. The zero-order valence-corrected chi connectivity index (χ0v) is 17.6. The fourth-order valence-electron chi connectivity index (χ4n) is 1.94. The molecule has 0 unspecified atom stereocenters. The van der Waals surface area contributed by atoms with Crippen molar-refractivity contribution in [3.05, 3.63) is 59.7 Å². The van der Waals surface area contributed by atoms with Crippen molar-refractivity contribution in [1.82, 2.24) is 0 Å². The lowest BCUT2D eigenvalue weighted by atomic mass is 10.2. The van der Waals surface area contributed by atoms with E-state index in [2.05, 4.69) is 20.4 Å². The maximum atomic E-state index is 5.63. The summed E-state index contributed by atoms with van der Waals surface area (Å²) in [4.78, 5) is 0. The fourth-order valence-corrected chi connectivity index (χ4v) is 1.94. The van der Waals surface area contributed by atoms with Crippen molar-refractivity contribution < 1.29 is 9.47 Å². The van der Waals surface area contributed by atoms with Gasteiger partial charge in [-0.15, -0.1) is 35.0 Å². The summed E-state index contributed by atoms with van der Waals surface area (Å²) in [5.74, 6) is 1.25. The van der Waals surface area contributed by atoms with E-state index in [-0.39, 0.29) is 36.7 Å². The summed E-state index contributed by atoms with van der Waals surface area (Å²) in [7, 11) is 0. The Labute approximate surface area is 186 Å². The van der Waals surface area contributed by atoms with Crippen molar-refractivity contribution in [2.45, 2.75) is 0 Å². The molecule has 0 radical (unpaired) electrons. The second-order valence-electron chi connectivity index (χ2n) is 5.37. The molecule has 0 aliphatic heterocycles. The van der Waals surface area contributed by atoms with Gasteiger partial charge in [0.15, 0.2) is 0 Å². The van der Waals surface area contributed by atoms with Crippen LogP contribution in [0.3, 0.4) is 0 Å². The van der Waals surface area contributed by atoms with Gasteiger partial charge in [0.25, 0.3) is 0 Å². The molecule has 30 heavy (non-hydrogen) atoms. The van der Waals surface area contributed by atoms with Crippen LogP contribution in [0.4, 0.5) is 0 Å². The molecule has 0 aliphatic carbocycles. The lowest BCUT2D eigenvalue weighted by molar-refractivity contribution is 0.217. The average Bonchev–Trinajstić information content (AvgIpc) is 2.67. The molecule has 12 heteroatoms. The maximum absolute atomic E-state index is 5.63. The number of hydrogen-bond donors (Lipinski definition) is 4. The molecule has 0 spiro atoms. The number of nitrogens with two attached hydrogens (primary N) is 4. The number of hydrogen-bond acceptors (Lipinski definition) is 6. The highest BCUT2D eigenvalue weighted by Crippen LogP contribution is 2.13. The molecule has 0 bridgehead atoms. The van der Waals surface area contributed by atoms with E-state index in [1.54, 1.807) is 0 Å². The van der Waals surface area contributed by atoms with E-state index < -0.39 is 0 Å². The molecule has 0 saturated carbocycles. The van der Waals surface area contributed by atoms with Crippen molar-refractivity contribution in [1.29, 1.82) is 0 Å². The maximum Gasteiger partial charge on any atom is 0.211 e. The molecule has 2 rings (SSSR count). The molecule has 0 saturated heterocycles. The number of nitrogens with zero attached hydrogens (tertiary/aromatic N) is 4. The Kier molecular flexibility index (Phi) is 12.8. The van der Waals surface area contributed by atoms with Gasteiger partial charge in [0.1, 0.15) is 24.7 Å². The predicted octanol–water partition coefficient (Wildman–Crippen LogP) is 1.20. The van der Waals surface area contributed by atoms with E-state index in [0.29, 0.717) is 24.7 Å². The topological polar surface area (TPSA) is 172 Å². The minimum absolute atomic E-state index is 0. The third-order valence-electron chi connectivity index (χ3n) is 3.14. The molecule has 2 aromatic carbocycles.